The quantitative estimate of drug-likeness (QED) is 0.773. The predicted octanol–water partition coefficient (Wildman–Crippen LogP) is 1.48. The van der Waals surface area contributed by atoms with Gasteiger partial charge in [-0.05, 0) is 18.4 Å². The molecular formula is C14H18ClNO3S. The summed E-state index contributed by atoms with van der Waals surface area (Å²) in [4.78, 5) is 13.6. The van der Waals surface area contributed by atoms with Crippen LogP contribution in [0.1, 0.15) is 12.0 Å². The number of amides is 1. The second kappa shape index (κ2) is 6.59. The number of rotatable bonds is 5. The van der Waals surface area contributed by atoms with Crippen LogP contribution in [-0.2, 0) is 21.1 Å². The molecule has 1 unspecified atom stereocenters. The summed E-state index contributed by atoms with van der Waals surface area (Å²) in [5.74, 6) is -0.0742. The van der Waals surface area contributed by atoms with E-state index >= 15 is 0 Å². The maximum atomic E-state index is 11.9. The van der Waals surface area contributed by atoms with Crippen LogP contribution in [0, 0.1) is 0 Å². The van der Waals surface area contributed by atoms with Crippen LogP contribution in [0.25, 0.3) is 0 Å². The summed E-state index contributed by atoms with van der Waals surface area (Å²) in [6.07, 6.45) is 1.22. The molecule has 0 radical (unpaired) electrons. The molecule has 0 spiro atoms. The fourth-order valence-electron chi connectivity index (χ4n) is 2.50. The van der Waals surface area contributed by atoms with Crippen LogP contribution in [0.4, 0.5) is 0 Å². The highest BCUT2D eigenvalue weighted by Crippen LogP contribution is 2.19. The van der Waals surface area contributed by atoms with Crippen LogP contribution in [-0.4, -0.2) is 49.2 Å². The molecule has 1 aliphatic heterocycles. The largest absolute Gasteiger partial charge is 0.337 e. The predicted molar refractivity (Wildman–Crippen MR) is 79.6 cm³/mol. The Hall–Kier alpha value is -1.07. The van der Waals surface area contributed by atoms with Crippen molar-refractivity contribution in [1.82, 2.24) is 4.90 Å². The molecule has 20 heavy (non-hydrogen) atoms. The van der Waals surface area contributed by atoms with Gasteiger partial charge in [0.05, 0.1) is 11.5 Å². The Morgan fingerprint density at radius 1 is 1.30 bits per heavy atom. The normalized spacial score (nSPS) is 20.8. The van der Waals surface area contributed by atoms with Crippen molar-refractivity contribution >= 4 is 27.3 Å². The minimum Gasteiger partial charge on any atom is -0.337 e. The summed E-state index contributed by atoms with van der Waals surface area (Å²) >= 11 is 5.64. The zero-order chi connectivity index (χ0) is 14.6. The van der Waals surface area contributed by atoms with Crippen molar-refractivity contribution in [2.75, 3.05) is 23.9 Å². The lowest BCUT2D eigenvalue weighted by Crippen LogP contribution is -2.43. The lowest BCUT2D eigenvalue weighted by atomic mass is 10.1. The van der Waals surface area contributed by atoms with Crippen molar-refractivity contribution in [3.63, 3.8) is 0 Å². The Morgan fingerprint density at radius 2 is 2.00 bits per heavy atom. The summed E-state index contributed by atoms with van der Waals surface area (Å²) < 4.78 is 23.1. The van der Waals surface area contributed by atoms with Crippen molar-refractivity contribution in [1.29, 1.82) is 0 Å². The van der Waals surface area contributed by atoms with E-state index in [1.54, 1.807) is 4.90 Å². The topological polar surface area (TPSA) is 54.5 Å². The highest BCUT2D eigenvalue weighted by molar-refractivity contribution is 7.91. The van der Waals surface area contributed by atoms with E-state index in [1.807, 2.05) is 30.3 Å². The summed E-state index contributed by atoms with van der Waals surface area (Å²) in [6.45, 7) is 0.510. The number of carbonyl (C=O) groups excluding carboxylic acids is 1. The van der Waals surface area contributed by atoms with E-state index in [2.05, 4.69) is 0 Å². The van der Waals surface area contributed by atoms with Gasteiger partial charge in [0, 0.05) is 12.6 Å². The minimum absolute atomic E-state index is 0.0599. The van der Waals surface area contributed by atoms with Gasteiger partial charge in [0.15, 0.2) is 9.84 Å². The molecule has 0 saturated carbocycles. The second-order valence-corrected chi connectivity index (χ2v) is 7.51. The molecule has 1 heterocycles. The van der Waals surface area contributed by atoms with Crippen LogP contribution in [0.15, 0.2) is 30.3 Å². The number of benzene rings is 1. The lowest BCUT2D eigenvalue weighted by molar-refractivity contribution is -0.130. The van der Waals surface area contributed by atoms with Gasteiger partial charge in [-0.1, -0.05) is 30.3 Å². The molecule has 1 aliphatic rings. The van der Waals surface area contributed by atoms with E-state index < -0.39 is 9.84 Å². The standard InChI is InChI=1S/C14H18ClNO3S/c15-10-14(17)16(13-7-9-20(18,19)11-13)8-6-12-4-2-1-3-5-12/h1-5,13H,6-11H2. The van der Waals surface area contributed by atoms with Crippen molar-refractivity contribution in [3.8, 4) is 0 Å². The van der Waals surface area contributed by atoms with Gasteiger partial charge in [0.2, 0.25) is 5.91 Å². The molecule has 1 saturated heterocycles. The van der Waals surface area contributed by atoms with Gasteiger partial charge in [0.25, 0.3) is 0 Å². The molecule has 0 aliphatic carbocycles. The number of sulfone groups is 1. The van der Waals surface area contributed by atoms with E-state index in [0.717, 1.165) is 5.56 Å². The van der Waals surface area contributed by atoms with Gasteiger partial charge in [-0.2, -0.15) is 0 Å². The van der Waals surface area contributed by atoms with E-state index in [-0.39, 0.29) is 29.3 Å². The van der Waals surface area contributed by atoms with Crippen molar-refractivity contribution < 1.29 is 13.2 Å². The van der Waals surface area contributed by atoms with Crippen molar-refractivity contribution in [2.24, 2.45) is 0 Å². The fraction of sp³-hybridized carbons (Fsp3) is 0.500. The molecule has 1 fully saturated rings. The summed E-state index contributed by atoms with van der Waals surface area (Å²) in [5.41, 5.74) is 1.13. The first-order valence-electron chi connectivity index (χ1n) is 6.61. The zero-order valence-corrected chi connectivity index (χ0v) is 12.7. The number of hydrogen-bond donors (Lipinski definition) is 0. The number of carbonyl (C=O) groups is 1. The monoisotopic (exact) mass is 315 g/mol. The SMILES string of the molecule is O=C(CCl)N(CCc1ccccc1)C1CCS(=O)(=O)C1. The van der Waals surface area contributed by atoms with Crippen molar-refractivity contribution in [2.45, 2.75) is 18.9 Å². The molecule has 6 heteroatoms. The van der Waals surface area contributed by atoms with E-state index in [9.17, 15) is 13.2 Å². The number of hydrogen-bond acceptors (Lipinski definition) is 3. The maximum Gasteiger partial charge on any atom is 0.237 e. The van der Waals surface area contributed by atoms with Crippen LogP contribution in [0.3, 0.4) is 0 Å². The summed E-state index contributed by atoms with van der Waals surface area (Å²) in [7, 11) is -3.00. The van der Waals surface area contributed by atoms with Gasteiger partial charge >= 0.3 is 0 Å². The van der Waals surface area contributed by atoms with Crippen LogP contribution in [0.5, 0.6) is 0 Å². The van der Waals surface area contributed by atoms with Gasteiger partial charge in [-0.3, -0.25) is 4.79 Å². The molecule has 1 atom stereocenters. The van der Waals surface area contributed by atoms with Crippen molar-refractivity contribution in [3.05, 3.63) is 35.9 Å². The van der Waals surface area contributed by atoms with E-state index in [1.165, 1.54) is 0 Å². The molecule has 1 aromatic rings. The van der Waals surface area contributed by atoms with Crippen LogP contribution in [0.2, 0.25) is 0 Å². The lowest BCUT2D eigenvalue weighted by Gasteiger charge is -2.27. The molecule has 1 amide bonds. The van der Waals surface area contributed by atoms with Gasteiger partial charge in [-0.25, -0.2) is 8.42 Å². The molecule has 0 bridgehead atoms. The number of alkyl halides is 1. The van der Waals surface area contributed by atoms with E-state index in [4.69, 9.17) is 11.6 Å². The van der Waals surface area contributed by atoms with E-state index in [0.29, 0.717) is 19.4 Å². The van der Waals surface area contributed by atoms with Gasteiger partial charge < -0.3 is 4.90 Å². The fourth-order valence-corrected chi connectivity index (χ4v) is 4.39. The highest BCUT2D eigenvalue weighted by Gasteiger charge is 2.34. The molecule has 0 N–H and O–H groups in total. The van der Waals surface area contributed by atoms with Crippen LogP contribution < -0.4 is 0 Å². The average molecular weight is 316 g/mol. The third-order valence-electron chi connectivity index (χ3n) is 3.57. The Kier molecular flexibility index (Phi) is 5.05. The second-order valence-electron chi connectivity index (χ2n) is 5.01. The Morgan fingerprint density at radius 3 is 2.55 bits per heavy atom. The summed E-state index contributed by atoms with van der Waals surface area (Å²) in [5, 5.41) is 0. The number of nitrogens with zero attached hydrogens (tertiary/aromatic N) is 1. The first kappa shape index (κ1) is 15.3. The molecule has 1 aromatic carbocycles. The highest BCUT2D eigenvalue weighted by atomic mass is 35.5. The summed E-state index contributed by atoms with van der Waals surface area (Å²) in [6, 6.07) is 9.60. The molecule has 2 rings (SSSR count). The first-order valence-corrected chi connectivity index (χ1v) is 8.97. The number of halogens is 1. The molecule has 110 valence electrons. The molecule has 0 aromatic heterocycles. The van der Waals surface area contributed by atoms with Gasteiger partial charge in [-0.15, -0.1) is 11.6 Å². The third kappa shape index (κ3) is 3.96. The average Bonchev–Trinajstić information content (AvgIpc) is 2.80. The molecular weight excluding hydrogens is 298 g/mol. The maximum absolute atomic E-state index is 11.9. The Balaban J connectivity index is 2.03. The zero-order valence-electron chi connectivity index (χ0n) is 11.2. The Labute approximate surface area is 124 Å². The third-order valence-corrected chi connectivity index (χ3v) is 5.55. The first-order chi connectivity index (χ1) is 9.52. The smallest absolute Gasteiger partial charge is 0.237 e. The minimum atomic E-state index is -3.00. The Bertz CT molecular complexity index is 559. The van der Waals surface area contributed by atoms with Crippen LogP contribution >= 0.6 is 11.6 Å². The molecule has 4 nitrogen and oxygen atoms in total. The van der Waals surface area contributed by atoms with Gasteiger partial charge in [0.1, 0.15) is 5.88 Å².